The first-order valence-corrected chi connectivity index (χ1v) is 10.3. The van der Waals surface area contributed by atoms with Crippen molar-refractivity contribution in [2.75, 3.05) is 33.4 Å². The number of nitrogens with zero attached hydrogens (tertiary/aromatic N) is 2. The van der Waals surface area contributed by atoms with Crippen LogP contribution in [0.2, 0.25) is 0 Å². The van der Waals surface area contributed by atoms with E-state index < -0.39 is 0 Å². The Labute approximate surface area is 177 Å². The Bertz CT molecular complexity index is 857. The Hall–Kier alpha value is -3.22. The van der Waals surface area contributed by atoms with Crippen LogP contribution in [-0.2, 0) is 17.9 Å². The maximum Gasteiger partial charge on any atom is 0.317 e. The second kappa shape index (κ2) is 10.5. The lowest BCUT2D eigenvalue weighted by molar-refractivity contribution is -0.131. The largest absolute Gasteiger partial charge is 0.486 e. The summed E-state index contributed by atoms with van der Waals surface area (Å²) in [5, 5.41) is 2.82. The minimum Gasteiger partial charge on any atom is -0.486 e. The number of rotatable bonds is 8. The molecule has 30 heavy (non-hydrogen) atoms. The number of carbonyl (C=O) groups is 2. The molecule has 1 aliphatic heterocycles. The summed E-state index contributed by atoms with van der Waals surface area (Å²) in [6.45, 7) is 4.81. The van der Waals surface area contributed by atoms with E-state index in [-0.39, 0.29) is 18.4 Å². The van der Waals surface area contributed by atoms with E-state index in [1.807, 2.05) is 55.5 Å². The molecule has 2 aromatic rings. The van der Waals surface area contributed by atoms with Gasteiger partial charge in [-0.2, -0.15) is 0 Å². The summed E-state index contributed by atoms with van der Waals surface area (Å²) in [4.78, 5) is 28.3. The van der Waals surface area contributed by atoms with Crippen molar-refractivity contribution in [3.05, 3.63) is 59.7 Å². The van der Waals surface area contributed by atoms with Gasteiger partial charge < -0.3 is 24.6 Å². The molecule has 0 saturated carbocycles. The second-order valence-corrected chi connectivity index (χ2v) is 7.17. The molecule has 1 N–H and O–H groups in total. The zero-order valence-electron chi connectivity index (χ0n) is 17.6. The van der Waals surface area contributed by atoms with Crippen molar-refractivity contribution in [3.63, 3.8) is 0 Å². The van der Waals surface area contributed by atoms with Crippen LogP contribution in [0.25, 0.3) is 0 Å². The minimum atomic E-state index is -0.197. The third-order valence-corrected chi connectivity index (χ3v) is 4.97. The van der Waals surface area contributed by atoms with E-state index >= 15 is 0 Å². The standard InChI is InChI=1S/C23H29N3O4/c1-3-26(17-19-10-7-11-20-22(19)30-15-14-29-20)21(27)12-13-24-23(28)25(2)16-18-8-5-4-6-9-18/h4-11H,3,12-17H2,1-2H3,(H,24,28). The lowest BCUT2D eigenvalue weighted by Crippen LogP contribution is -2.39. The van der Waals surface area contributed by atoms with Crippen molar-refractivity contribution in [3.8, 4) is 11.5 Å². The van der Waals surface area contributed by atoms with Gasteiger partial charge in [-0.05, 0) is 18.6 Å². The quantitative estimate of drug-likeness (QED) is 0.725. The van der Waals surface area contributed by atoms with Crippen molar-refractivity contribution >= 4 is 11.9 Å². The number of para-hydroxylation sites is 1. The number of fused-ring (bicyclic) bond motifs is 1. The molecule has 0 bridgehead atoms. The van der Waals surface area contributed by atoms with Crippen molar-refractivity contribution in [1.29, 1.82) is 0 Å². The molecule has 3 rings (SSSR count). The number of urea groups is 1. The van der Waals surface area contributed by atoms with E-state index in [2.05, 4.69) is 5.32 Å². The van der Waals surface area contributed by atoms with Gasteiger partial charge in [0.1, 0.15) is 13.2 Å². The van der Waals surface area contributed by atoms with Gasteiger partial charge in [-0.25, -0.2) is 4.79 Å². The SMILES string of the molecule is CCN(Cc1cccc2c1OCCO2)C(=O)CCNC(=O)N(C)Cc1ccccc1. The van der Waals surface area contributed by atoms with Gasteiger partial charge in [-0.15, -0.1) is 0 Å². The number of amides is 3. The van der Waals surface area contributed by atoms with Gasteiger partial charge in [0.2, 0.25) is 5.91 Å². The van der Waals surface area contributed by atoms with Crippen LogP contribution in [0.5, 0.6) is 11.5 Å². The normalized spacial score (nSPS) is 12.2. The smallest absolute Gasteiger partial charge is 0.317 e. The van der Waals surface area contributed by atoms with E-state index in [1.54, 1.807) is 16.8 Å². The zero-order valence-corrected chi connectivity index (χ0v) is 17.6. The lowest BCUT2D eigenvalue weighted by atomic mass is 10.1. The van der Waals surface area contributed by atoms with Gasteiger partial charge in [-0.1, -0.05) is 42.5 Å². The minimum absolute atomic E-state index is 0.0159. The Kier molecular flexibility index (Phi) is 7.54. The molecule has 0 atom stereocenters. The van der Waals surface area contributed by atoms with Gasteiger partial charge in [0, 0.05) is 45.2 Å². The predicted octanol–water partition coefficient (Wildman–Crippen LogP) is 3.04. The highest BCUT2D eigenvalue weighted by atomic mass is 16.6. The molecule has 160 valence electrons. The molecule has 0 saturated heterocycles. The van der Waals surface area contributed by atoms with Crippen LogP contribution in [0.4, 0.5) is 4.79 Å². The summed E-state index contributed by atoms with van der Waals surface area (Å²) < 4.78 is 11.4. The molecule has 1 heterocycles. The molecular weight excluding hydrogens is 382 g/mol. The van der Waals surface area contributed by atoms with E-state index in [4.69, 9.17) is 9.47 Å². The number of nitrogens with one attached hydrogen (secondary N) is 1. The van der Waals surface area contributed by atoms with E-state index in [1.165, 1.54) is 0 Å². The monoisotopic (exact) mass is 411 g/mol. The number of benzene rings is 2. The van der Waals surface area contributed by atoms with E-state index in [0.29, 0.717) is 45.1 Å². The first kappa shape index (κ1) is 21.5. The molecule has 0 aliphatic carbocycles. The molecule has 0 fully saturated rings. The first-order chi connectivity index (χ1) is 14.6. The number of hydrogen-bond donors (Lipinski definition) is 1. The number of carbonyl (C=O) groups excluding carboxylic acids is 2. The molecule has 0 radical (unpaired) electrons. The summed E-state index contributed by atoms with van der Waals surface area (Å²) in [5.41, 5.74) is 1.98. The molecule has 0 spiro atoms. The van der Waals surface area contributed by atoms with Gasteiger partial charge in [-0.3, -0.25) is 4.79 Å². The Morgan fingerprint density at radius 3 is 2.53 bits per heavy atom. The molecule has 7 heteroatoms. The molecular formula is C23H29N3O4. The van der Waals surface area contributed by atoms with Crippen LogP contribution < -0.4 is 14.8 Å². The van der Waals surface area contributed by atoms with Crippen LogP contribution in [0.3, 0.4) is 0 Å². The highest BCUT2D eigenvalue weighted by Gasteiger charge is 2.19. The first-order valence-electron chi connectivity index (χ1n) is 10.3. The highest BCUT2D eigenvalue weighted by Crippen LogP contribution is 2.34. The van der Waals surface area contributed by atoms with Gasteiger partial charge in [0.05, 0.1) is 0 Å². The third-order valence-electron chi connectivity index (χ3n) is 4.97. The number of hydrogen-bond acceptors (Lipinski definition) is 4. The topological polar surface area (TPSA) is 71.1 Å². The maximum atomic E-state index is 12.7. The molecule has 1 aliphatic rings. The van der Waals surface area contributed by atoms with Gasteiger partial charge in [0.25, 0.3) is 0 Å². The summed E-state index contributed by atoms with van der Waals surface area (Å²) in [5.74, 6) is 1.42. The fourth-order valence-corrected chi connectivity index (χ4v) is 3.34. The average Bonchev–Trinajstić information content (AvgIpc) is 2.78. The van der Waals surface area contributed by atoms with Crippen molar-refractivity contribution in [2.45, 2.75) is 26.4 Å². The molecule has 2 aromatic carbocycles. The van der Waals surface area contributed by atoms with Gasteiger partial charge in [0.15, 0.2) is 11.5 Å². The van der Waals surface area contributed by atoms with E-state index in [9.17, 15) is 9.59 Å². The average molecular weight is 412 g/mol. The molecule has 3 amide bonds. The Balaban J connectivity index is 1.48. The maximum absolute atomic E-state index is 12.7. The van der Waals surface area contributed by atoms with Crippen LogP contribution in [-0.4, -0.2) is 55.1 Å². The van der Waals surface area contributed by atoms with Crippen LogP contribution in [0.15, 0.2) is 48.5 Å². The summed E-state index contributed by atoms with van der Waals surface area (Å²) >= 11 is 0. The summed E-state index contributed by atoms with van der Waals surface area (Å²) in [6.07, 6.45) is 0.241. The zero-order chi connectivity index (χ0) is 21.3. The third kappa shape index (κ3) is 5.65. The molecule has 7 nitrogen and oxygen atoms in total. The highest BCUT2D eigenvalue weighted by molar-refractivity contribution is 5.78. The lowest BCUT2D eigenvalue weighted by Gasteiger charge is -2.25. The van der Waals surface area contributed by atoms with E-state index in [0.717, 1.165) is 16.9 Å². The van der Waals surface area contributed by atoms with Crippen molar-refractivity contribution in [1.82, 2.24) is 15.1 Å². The summed E-state index contributed by atoms with van der Waals surface area (Å²) in [7, 11) is 1.74. The van der Waals surface area contributed by atoms with Crippen molar-refractivity contribution < 1.29 is 19.1 Å². The van der Waals surface area contributed by atoms with Gasteiger partial charge >= 0.3 is 6.03 Å². The van der Waals surface area contributed by atoms with Crippen molar-refractivity contribution in [2.24, 2.45) is 0 Å². The Morgan fingerprint density at radius 2 is 1.77 bits per heavy atom. The number of ether oxygens (including phenoxy) is 2. The summed E-state index contributed by atoms with van der Waals surface area (Å²) in [6, 6.07) is 15.3. The Morgan fingerprint density at radius 1 is 1.00 bits per heavy atom. The van der Waals surface area contributed by atoms with Crippen LogP contribution >= 0.6 is 0 Å². The van der Waals surface area contributed by atoms with Crippen LogP contribution in [0.1, 0.15) is 24.5 Å². The fourth-order valence-electron chi connectivity index (χ4n) is 3.34. The predicted molar refractivity (Wildman–Crippen MR) is 114 cm³/mol. The molecule has 0 aromatic heterocycles. The van der Waals surface area contributed by atoms with Crippen LogP contribution in [0, 0.1) is 0 Å². The second-order valence-electron chi connectivity index (χ2n) is 7.17. The fraction of sp³-hybridized carbons (Fsp3) is 0.391. The molecule has 0 unspecified atom stereocenters.